The van der Waals surface area contributed by atoms with Gasteiger partial charge in [-0.15, -0.1) is 0 Å². The molecule has 0 heterocycles. The molecule has 0 atom stereocenters. The van der Waals surface area contributed by atoms with Crippen molar-refractivity contribution in [1.82, 2.24) is 0 Å². The van der Waals surface area contributed by atoms with Crippen LogP contribution < -0.4 is 9.47 Å². The quantitative estimate of drug-likeness (QED) is 0.128. The Morgan fingerprint density at radius 2 is 0.446 bits per heavy atom. The number of benzene rings is 16. The first kappa shape index (κ1) is 40.0. The SMILES string of the molecule is COc1c2ccccc2c2ccc3c4ccc5c(OC)c6ccccc6c6ccc(c7ccc1c2c73)c4c56.O=C1c2ccccc2-c2ccc3c4ccc5c6c(ccc(c7ccc1c2c73)c64)-c1ccccc1C5=O. The number of methoxy groups -OCH3 is 2. The lowest BCUT2D eigenvalue weighted by atomic mass is 9.77. The smallest absolute Gasteiger partial charge is 0.194 e. The van der Waals surface area contributed by atoms with Crippen LogP contribution in [0, 0.1) is 0 Å². The van der Waals surface area contributed by atoms with E-state index < -0.39 is 0 Å². The molecule has 0 radical (unpaired) electrons. The van der Waals surface area contributed by atoms with Crippen LogP contribution in [0.15, 0.2) is 194 Å². The van der Waals surface area contributed by atoms with Gasteiger partial charge in [0.05, 0.1) is 14.2 Å². The van der Waals surface area contributed by atoms with Crippen LogP contribution >= 0.6 is 0 Å². The molecule has 0 aliphatic heterocycles. The minimum Gasteiger partial charge on any atom is -0.495 e. The fourth-order valence-corrected chi connectivity index (χ4v) is 14.1. The number of ether oxygens (including phenoxy) is 2. The van der Waals surface area contributed by atoms with Gasteiger partial charge in [-0.3, -0.25) is 9.59 Å². The van der Waals surface area contributed by atoms with Gasteiger partial charge in [-0.2, -0.15) is 0 Å². The Morgan fingerprint density at radius 3 is 0.797 bits per heavy atom. The van der Waals surface area contributed by atoms with Gasteiger partial charge in [0.25, 0.3) is 0 Å². The highest BCUT2D eigenvalue weighted by Gasteiger charge is 2.31. The molecule has 2 aliphatic rings. The van der Waals surface area contributed by atoms with E-state index in [1.165, 1.54) is 75.4 Å². The van der Waals surface area contributed by atoms with Crippen molar-refractivity contribution in [3.05, 3.63) is 216 Å². The van der Waals surface area contributed by atoms with Crippen molar-refractivity contribution in [3.63, 3.8) is 0 Å². The molecular formula is C70H38O4. The van der Waals surface area contributed by atoms with Crippen LogP contribution in [-0.4, -0.2) is 25.8 Å². The Balaban J connectivity index is 0.000000122. The lowest BCUT2D eigenvalue weighted by molar-refractivity contribution is 0.103. The molecule has 4 nitrogen and oxygen atoms in total. The maximum absolute atomic E-state index is 13.5. The first-order valence-electron chi connectivity index (χ1n) is 25.2. The number of ketones is 2. The third-order valence-electron chi connectivity index (χ3n) is 17.0. The second-order valence-corrected chi connectivity index (χ2v) is 20.2. The zero-order valence-electron chi connectivity index (χ0n) is 40.1. The van der Waals surface area contributed by atoms with Gasteiger partial charge < -0.3 is 9.47 Å². The zero-order chi connectivity index (χ0) is 48.8. The summed E-state index contributed by atoms with van der Waals surface area (Å²) in [6.07, 6.45) is 0. The van der Waals surface area contributed by atoms with Crippen molar-refractivity contribution in [3.8, 4) is 33.8 Å². The van der Waals surface area contributed by atoms with E-state index in [0.717, 1.165) is 110 Å². The lowest BCUT2D eigenvalue weighted by Gasteiger charge is -2.25. The van der Waals surface area contributed by atoms with Crippen LogP contribution in [0.25, 0.3) is 152 Å². The molecule has 342 valence electrons. The van der Waals surface area contributed by atoms with Crippen molar-refractivity contribution in [2.45, 2.75) is 0 Å². The average Bonchev–Trinajstić information content (AvgIpc) is 3.58. The summed E-state index contributed by atoms with van der Waals surface area (Å²) in [6, 6.07) is 68.2. The van der Waals surface area contributed by atoms with Gasteiger partial charge in [-0.1, -0.05) is 170 Å². The number of carbonyl (C=O) groups excluding carboxylic acids is 2. The van der Waals surface area contributed by atoms with E-state index in [1.807, 2.05) is 60.7 Å². The Hall–Kier alpha value is -9.64. The second kappa shape index (κ2) is 14.1. The number of hydrogen-bond acceptors (Lipinski definition) is 4. The van der Waals surface area contributed by atoms with Gasteiger partial charge in [0.15, 0.2) is 11.6 Å². The summed E-state index contributed by atoms with van der Waals surface area (Å²) in [7, 11) is 3.57. The third kappa shape index (κ3) is 4.75. The lowest BCUT2D eigenvalue weighted by Crippen LogP contribution is -2.11. The molecule has 0 bridgehead atoms. The summed E-state index contributed by atoms with van der Waals surface area (Å²) >= 11 is 0. The highest BCUT2D eigenvalue weighted by Crippen LogP contribution is 2.53. The van der Waals surface area contributed by atoms with Crippen molar-refractivity contribution < 1.29 is 19.1 Å². The predicted molar refractivity (Wildman–Crippen MR) is 307 cm³/mol. The average molecular weight is 943 g/mol. The Morgan fingerprint density at radius 1 is 0.203 bits per heavy atom. The van der Waals surface area contributed by atoms with E-state index >= 15 is 0 Å². The fourth-order valence-electron chi connectivity index (χ4n) is 14.1. The summed E-state index contributed by atoms with van der Waals surface area (Å²) < 4.78 is 12.1. The van der Waals surface area contributed by atoms with Crippen LogP contribution in [-0.2, 0) is 0 Å². The van der Waals surface area contributed by atoms with Crippen LogP contribution in [0.5, 0.6) is 11.5 Å². The predicted octanol–water partition coefficient (Wildman–Crippen LogP) is 18.0. The highest BCUT2D eigenvalue weighted by molar-refractivity contribution is 6.44. The van der Waals surface area contributed by atoms with Gasteiger partial charge in [0.2, 0.25) is 0 Å². The van der Waals surface area contributed by atoms with Gasteiger partial charge in [0.1, 0.15) is 11.5 Å². The number of hydrogen-bond donors (Lipinski definition) is 0. The van der Waals surface area contributed by atoms with Crippen molar-refractivity contribution in [2.24, 2.45) is 0 Å². The Labute approximate surface area is 422 Å². The summed E-state index contributed by atoms with van der Waals surface area (Å²) in [5.74, 6) is 2.06. The molecule has 0 N–H and O–H groups in total. The molecule has 2 aliphatic carbocycles. The number of rotatable bonds is 2. The van der Waals surface area contributed by atoms with E-state index in [-0.39, 0.29) is 11.6 Å². The van der Waals surface area contributed by atoms with Gasteiger partial charge in [-0.05, 0) is 133 Å². The normalized spacial score (nSPS) is 13.1. The standard InChI is InChI=1S/C36H22O2.C34H16O2/c1-37-35-27-9-5-3-7-19(27)21-11-13-23-26-16-18-30-34-22(20-8-4-6-10-28(20)36(30)38-2)12-14-24(32(26)34)25-15-17-29(35)33(21)31(23)25;35-33-25-7-3-1-5-17(25)19-9-11-21-24-14-16-28-32-20(18-6-2-4-8-26(18)34(28)36)10-12-22(30(24)32)23-13-15-27(33)31(19)29(21)23/h3-18H,1-2H3;1-16H. The van der Waals surface area contributed by atoms with E-state index in [4.69, 9.17) is 9.47 Å². The molecule has 16 aromatic carbocycles. The minimum atomic E-state index is 0.0834. The van der Waals surface area contributed by atoms with Crippen LogP contribution in [0.3, 0.4) is 0 Å². The maximum atomic E-state index is 13.5. The second-order valence-electron chi connectivity index (χ2n) is 20.2. The van der Waals surface area contributed by atoms with Crippen LogP contribution in [0.1, 0.15) is 31.8 Å². The summed E-state index contributed by atoms with van der Waals surface area (Å²) in [6.45, 7) is 0. The highest BCUT2D eigenvalue weighted by atomic mass is 16.5. The van der Waals surface area contributed by atoms with E-state index in [1.54, 1.807) is 14.2 Å². The summed E-state index contributed by atoms with van der Waals surface area (Å²) in [4.78, 5) is 27.0. The summed E-state index contributed by atoms with van der Waals surface area (Å²) in [5.41, 5.74) is 7.27. The molecule has 74 heavy (non-hydrogen) atoms. The first-order chi connectivity index (χ1) is 36.5. The van der Waals surface area contributed by atoms with Gasteiger partial charge >= 0.3 is 0 Å². The molecule has 0 unspecified atom stereocenters. The van der Waals surface area contributed by atoms with Crippen molar-refractivity contribution in [1.29, 1.82) is 0 Å². The van der Waals surface area contributed by atoms with E-state index in [9.17, 15) is 9.59 Å². The monoisotopic (exact) mass is 942 g/mol. The fraction of sp³-hybridized carbons (Fsp3) is 0.0286. The summed E-state index contributed by atoms with van der Waals surface area (Å²) in [5, 5.41) is 28.8. The van der Waals surface area contributed by atoms with Crippen molar-refractivity contribution >= 4 is 141 Å². The maximum Gasteiger partial charge on any atom is 0.194 e. The van der Waals surface area contributed by atoms with Gasteiger partial charge in [-0.25, -0.2) is 0 Å². The molecule has 0 saturated heterocycles. The van der Waals surface area contributed by atoms with Crippen LogP contribution in [0.2, 0.25) is 0 Å². The topological polar surface area (TPSA) is 52.6 Å². The zero-order valence-corrected chi connectivity index (χ0v) is 40.1. The number of fused-ring (bicyclic) bond motifs is 12. The van der Waals surface area contributed by atoms with Gasteiger partial charge in [0, 0.05) is 65.3 Å². The molecule has 18 rings (SSSR count). The molecule has 0 saturated carbocycles. The molecule has 16 aromatic rings. The Kier molecular flexibility index (Phi) is 7.60. The molecular weight excluding hydrogens is 905 g/mol. The first-order valence-corrected chi connectivity index (χ1v) is 25.2. The molecule has 0 fully saturated rings. The molecule has 4 heteroatoms. The minimum absolute atomic E-state index is 0.0834. The largest absolute Gasteiger partial charge is 0.495 e. The molecule has 0 aromatic heterocycles. The molecule has 0 amide bonds. The van der Waals surface area contributed by atoms with E-state index in [0.29, 0.717) is 0 Å². The van der Waals surface area contributed by atoms with Crippen LogP contribution in [0.4, 0.5) is 0 Å². The Bertz CT molecular complexity index is 4890. The molecule has 0 spiro atoms. The number of carbonyl (C=O) groups is 2. The van der Waals surface area contributed by atoms with E-state index in [2.05, 4.69) is 133 Å². The van der Waals surface area contributed by atoms with Crippen molar-refractivity contribution in [2.75, 3.05) is 14.2 Å². The third-order valence-corrected chi connectivity index (χ3v) is 17.0.